The number of Topliss-reactive ketones (excluding diaryl/α,β-unsaturated/α-hetero) is 1. The Labute approximate surface area is 124 Å². The molecule has 1 saturated heterocycles. The third-order valence-corrected chi connectivity index (χ3v) is 4.10. The van der Waals surface area contributed by atoms with Crippen LogP contribution in [0.3, 0.4) is 0 Å². The van der Waals surface area contributed by atoms with Gasteiger partial charge in [0.05, 0.1) is 0 Å². The number of carbonyl (C=O) groups is 1. The minimum absolute atomic E-state index is 0.0274. The molecule has 0 aromatic rings. The Balaban J connectivity index is 2.89. The van der Waals surface area contributed by atoms with E-state index in [0.717, 1.165) is 12.8 Å². The van der Waals surface area contributed by atoms with E-state index >= 15 is 0 Å². The number of rotatable bonds is 5. The van der Waals surface area contributed by atoms with Crippen molar-refractivity contribution in [1.29, 1.82) is 0 Å². The lowest BCUT2D eigenvalue weighted by Crippen LogP contribution is -2.59. The standard InChI is InChI=1S/C17H31NO2/c1-13(2)9-10-15(14(3)19)20-18-16(4,5)11-8-12-17(18,6)7/h9,15H,8,10-12H2,1-7H3. The van der Waals surface area contributed by atoms with E-state index in [1.54, 1.807) is 6.92 Å². The van der Waals surface area contributed by atoms with E-state index in [9.17, 15) is 4.79 Å². The van der Waals surface area contributed by atoms with Crippen molar-refractivity contribution in [3.63, 3.8) is 0 Å². The van der Waals surface area contributed by atoms with Gasteiger partial charge in [-0.15, -0.1) is 0 Å². The Bertz CT molecular complexity index is 362. The first kappa shape index (κ1) is 17.4. The highest BCUT2D eigenvalue weighted by molar-refractivity contribution is 5.80. The zero-order chi connectivity index (χ0) is 15.6. The van der Waals surface area contributed by atoms with Crippen LogP contribution in [0.25, 0.3) is 0 Å². The van der Waals surface area contributed by atoms with E-state index in [1.165, 1.54) is 12.0 Å². The van der Waals surface area contributed by atoms with E-state index in [2.05, 4.69) is 38.8 Å². The van der Waals surface area contributed by atoms with Gasteiger partial charge in [0.15, 0.2) is 5.78 Å². The number of allylic oxidation sites excluding steroid dienone is 1. The molecule has 1 rings (SSSR count). The summed E-state index contributed by atoms with van der Waals surface area (Å²) in [6, 6.07) is 0. The molecule has 0 saturated carbocycles. The molecule has 0 aromatic carbocycles. The molecule has 1 aliphatic heterocycles. The van der Waals surface area contributed by atoms with Crippen molar-refractivity contribution in [1.82, 2.24) is 5.06 Å². The summed E-state index contributed by atoms with van der Waals surface area (Å²) in [5.41, 5.74) is 1.16. The maximum Gasteiger partial charge on any atom is 0.160 e. The Morgan fingerprint density at radius 3 is 2.05 bits per heavy atom. The van der Waals surface area contributed by atoms with Crippen LogP contribution in [0.1, 0.15) is 74.1 Å². The maximum absolute atomic E-state index is 11.9. The van der Waals surface area contributed by atoms with Gasteiger partial charge in [0.25, 0.3) is 0 Å². The van der Waals surface area contributed by atoms with Crippen molar-refractivity contribution in [3.8, 4) is 0 Å². The molecule has 3 nitrogen and oxygen atoms in total. The van der Waals surface area contributed by atoms with Crippen LogP contribution in [-0.4, -0.2) is 28.0 Å². The highest BCUT2D eigenvalue weighted by atomic mass is 16.7. The van der Waals surface area contributed by atoms with Crippen molar-refractivity contribution in [2.24, 2.45) is 0 Å². The fourth-order valence-corrected chi connectivity index (χ4v) is 3.01. The summed E-state index contributed by atoms with van der Waals surface area (Å²) >= 11 is 0. The van der Waals surface area contributed by atoms with Crippen molar-refractivity contribution in [2.45, 2.75) is 91.3 Å². The summed E-state index contributed by atoms with van der Waals surface area (Å²) in [6.07, 6.45) is 5.77. The van der Waals surface area contributed by atoms with Gasteiger partial charge in [-0.3, -0.25) is 9.63 Å². The largest absolute Gasteiger partial charge is 0.297 e. The monoisotopic (exact) mass is 281 g/mol. The van der Waals surface area contributed by atoms with Gasteiger partial charge in [-0.25, -0.2) is 0 Å². The Morgan fingerprint density at radius 2 is 1.65 bits per heavy atom. The van der Waals surface area contributed by atoms with Gasteiger partial charge >= 0.3 is 0 Å². The molecule has 116 valence electrons. The van der Waals surface area contributed by atoms with Gasteiger partial charge in [0.2, 0.25) is 0 Å². The lowest BCUT2D eigenvalue weighted by Gasteiger charge is -2.52. The molecule has 0 aromatic heterocycles. The summed E-state index contributed by atoms with van der Waals surface area (Å²) in [5.74, 6) is 0.0969. The molecule has 1 fully saturated rings. The first-order valence-corrected chi connectivity index (χ1v) is 7.67. The number of hydrogen-bond acceptors (Lipinski definition) is 3. The number of ketones is 1. The number of nitrogens with zero attached hydrogens (tertiary/aromatic N) is 1. The zero-order valence-electron chi connectivity index (χ0n) is 14.2. The number of hydrogen-bond donors (Lipinski definition) is 0. The van der Waals surface area contributed by atoms with Crippen LogP contribution in [0.2, 0.25) is 0 Å². The number of hydroxylamine groups is 2. The molecule has 1 atom stereocenters. The third-order valence-electron chi connectivity index (χ3n) is 4.10. The summed E-state index contributed by atoms with van der Waals surface area (Å²) in [5, 5.41) is 2.08. The smallest absolute Gasteiger partial charge is 0.160 e. The van der Waals surface area contributed by atoms with Crippen LogP contribution in [0.4, 0.5) is 0 Å². The van der Waals surface area contributed by atoms with Crippen LogP contribution in [0.15, 0.2) is 11.6 Å². The third kappa shape index (κ3) is 4.42. The van der Waals surface area contributed by atoms with Crippen LogP contribution in [0.5, 0.6) is 0 Å². The van der Waals surface area contributed by atoms with E-state index in [1.807, 2.05) is 13.8 Å². The molecular weight excluding hydrogens is 250 g/mol. The van der Waals surface area contributed by atoms with Crippen molar-refractivity contribution < 1.29 is 9.63 Å². The van der Waals surface area contributed by atoms with Crippen LogP contribution >= 0.6 is 0 Å². The van der Waals surface area contributed by atoms with Gasteiger partial charge in [-0.1, -0.05) is 11.6 Å². The average Bonchev–Trinajstić information content (AvgIpc) is 2.25. The average molecular weight is 281 g/mol. The minimum Gasteiger partial charge on any atom is -0.297 e. The molecule has 1 unspecified atom stereocenters. The molecule has 0 amide bonds. The predicted octanol–water partition coefficient (Wildman–Crippen LogP) is 4.28. The summed E-state index contributed by atoms with van der Waals surface area (Å²) in [7, 11) is 0. The Hall–Kier alpha value is -0.670. The molecule has 0 radical (unpaired) electrons. The van der Waals surface area contributed by atoms with E-state index in [4.69, 9.17) is 4.84 Å². The quantitative estimate of drug-likeness (QED) is 0.705. The molecule has 0 aliphatic carbocycles. The lowest BCUT2D eigenvalue weighted by molar-refractivity contribution is -0.297. The topological polar surface area (TPSA) is 29.5 Å². The van der Waals surface area contributed by atoms with Crippen LogP contribution < -0.4 is 0 Å². The minimum atomic E-state index is -0.374. The fourth-order valence-electron chi connectivity index (χ4n) is 3.01. The molecule has 1 aliphatic rings. The summed E-state index contributed by atoms with van der Waals surface area (Å²) < 4.78 is 0. The summed E-state index contributed by atoms with van der Waals surface area (Å²) in [4.78, 5) is 18.0. The molecule has 0 spiro atoms. The molecule has 0 bridgehead atoms. The second-order valence-corrected chi connectivity index (χ2v) is 7.49. The Kier molecular flexibility index (Phi) is 5.56. The first-order chi connectivity index (χ1) is 9.06. The molecule has 20 heavy (non-hydrogen) atoms. The molecule has 1 heterocycles. The van der Waals surface area contributed by atoms with Crippen molar-refractivity contribution in [3.05, 3.63) is 11.6 Å². The number of piperidine rings is 1. The normalized spacial score (nSPS) is 23.1. The SMILES string of the molecule is CC(=O)C(CC=C(C)C)ON1C(C)(C)CCCC1(C)C. The maximum atomic E-state index is 11.9. The fraction of sp³-hybridized carbons (Fsp3) is 0.824. The van der Waals surface area contributed by atoms with Gasteiger partial charge in [-0.2, -0.15) is 5.06 Å². The number of carbonyl (C=O) groups excluding carboxylic acids is 1. The van der Waals surface area contributed by atoms with E-state index in [0.29, 0.717) is 6.42 Å². The highest BCUT2D eigenvalue weighted by Crippen LogP contribution is 2.39. The zero-order valence-corrected chi connectivity index (χ0v) is 14.2. The molecular formula is C17H31NO2. The van der Waals surface area contributed by atoms with Gasteiger partial charge in [0, 0.05) is 17.5 Å². The van der Waals surface area contributed by atoms with E-state index in [-0.39, 0.29) is 23.0 Å². The van der Waals surface area contributed by atoms with Crippen LogP contribution in [-0.2, 0) is 9.63 Å². The van der Waals surface area contributed by atoms with Crippen molar-refractivity contribution >= 4 is 5.78 Å². The second-order valence-electron chi connectivity index (χ2n) is 7.49. The predicted molar refractivity (Wildman–Crippen MR) is 83.5 cm³/mol. The van der Waals surface area contributed by atoms with Gasteiger partial charge in [-0.05, 0) is 67.7 Å². The second kappa shape index (κ2) is 6.40. The Morgan fingerprint density at radius 1 is 1.15 bits per heavy atom. The summed E-state index contributed by atoms with van der Waals surface area (Å²) in [6.45, 7) is 14.5. The molecule has 3 heteroatoms. The van der Waals surface area contributed by atoms with Crippen LogP contribution in [0, 0.1) is 0 Å². The van der Waals surface area contributed by atoms with Gasteiger partial charge < -0.3 is 0 Å². The molecule has 0 N–H and O–H groups in total. The van der Waals surface area contributed by atoms with E-state index < -0.39 is 0 Å². The van der Waals surface area contributed by atoms with Gasteiger partial charge in [0.1, 0.15) is 6.10 Å². The lowest BCUT2D eigenvalue weighted by atomic mass is 9.82. The highest BCUT2D eigenvalue weighted by Gasteiger charge is 2.43. The van der Waals surface area contributed by atoms with Crippen molar-refractivity contribution in [2.75, 3.05) is 0 Å². The first-order valence-electron chi connectivity index (χ1n) is 7.67.